The van der Waals surface area contributed by atoms with Crippen LogP contribution in [0, 0.1) is 6.92 Å². The Morgan fingerprint density at radius 2 is 1.68 bits per heavy atom. The van der Waals surface area contributed by atoms with Gasteiger partial charge in [0.05, 0.1) is 24.8 Å². The van der Waals surface area contributed by atoms with Crippen molar-refractivity contribution in [2.45, 2.75) is 32.7 Å². The molecule has 0 aliphatic carbocycles. The number of aryl methyl sites for hydroxylation is 3. The van der Waals surface area contributed by atoms with Gasteiger partial charge >= 0.3 is 0 Å². The number of benzene rings is 3. The molecule has 4 rings (SSSR count). The topological polar surface area (TPSA) is 65.4 Å². The molecule has 0 atom stereocenters. The largest absolute Gasteiger partial charge is 0.497 e. The Morgan fingerprint density at radius 1 is 0.941 bits per heavy atom. The number of aromatic nitrogens is 2. The Kier molecular flexibility index (Phi) is 7.81. The van der Waals surface area contributed by atoms with E-state index >= 15 is 0 Å². The molecule has 3 aromatic carbocycles. The highest BCUT2D eigenvalue weighted by molar-refractivity contribution is 5.94. The van der Waals surface area contributed by atoms with Crippen LogP contribution in [0.25, 0.3) is 11.0 Å². The molecule has 34 heavy (non-hydrogen) atoms. The first-order valence-electron chi connectivity index (χ1n) is 11.7. The van der Waals surface area contributed by atoms with Gasteiger partial charge in [-0.1, -0.05) is 29.8 Å². The van der Waals surface area contributed by atoms with Crippen molar-refractivity contribution in [3.8, 4) is 11.5 Å². The van der Waals surface area contributed by atoms with Crippen molar-refractivity contribution < 1.29 is 14.3 Å². The van der Waals surface area contributed by atoms with E-state index in [9.17, 15) is 4.79 Å². The summed E-state index contributed by atoms with van der Waals surface area (Å²) in [4.78, 5) is 17.2. The number of hydrogen-bond donors (Lipinski definition) is 1. The summed E-state index contributed by atoms with van der Waals surface area (Å²) < 4.78 is 13.3. The zero-order valence-electron chi connectivity index (χ0n) is 19.8. The highest BCUT2D eigenvalue weighted by Gasteiger charge is 2.11. The van der Waals surface area contributed by atoms with Crippen LogP contribution in [0.1, 0.15) is 34.6 Å². The first kappa shape index (κ1) is 23.4. The summed E-state index contributed by atoms with van der Waals surface area (Å²) in [6, 6.07) is 23.5. The SMILES string of the molecule is COc1ccc(C(=O)NCCCc2nc3ccccc3n2CCCOc2ccc(C)cc2)cc1. The molecule has 0 radical (unpaired) electrons. The number of carbonyl (C=O) groups excluding carboxylic acids is 1. The van der Waals surface area contributed by atoms with Crippen LogP contribution in [0.15, 0.2) is 72.8 Å². The van der Waals surface area contributed by atoms with Gasteiger partial charge in [0.25, 0.3) is 5.91 Å². The number of ether oxygens (including phenoxy) is 2. The van der Waals surface area contributed by atoms with Crippen molar-refractivity contribution in [3.05, 3.63) is 89.7 Å². The Morgan fingerprint density at radius 3 is 2.44 bits per heavy atom. The van der Waals surface area contributed by atoms with Gasteiger partial charge in [-0.25, -0.2) is 4.98 Å². The Bertz CT molecular complexity index is 1210. The van der Waals surface area contributed by atoms with Gasteiger partial charge in [0.2, 0.25) is 0 Å². The number of rotatable bonds is 11. The van der Waals surface area contributed by atoms with E-state index in [1.54, 1.807) is 31.4 Å². The number of methoxy groups -OCH3 is 1. The molecule has 0 saturated carbocycles. The fourth-order valence-corrected chi connectivity index (χ4v) is 3.91. The number of nitrogens with one attached hydrogen (secondary N) is 1. The molecule has 0 saturated heterocycles. The second-order valence-corrected chi connectivity index (χ2v) is 8.27. The summed E-state index contributed by atoms with van der Waals surface area (Å²) in [5, 5.41) is 3.00. The van der Waals surface area contributed by atoms with E-state index in [4.69, 9.17) is 14.5 Å². The number of nitrogens with zero attached hydrogens (tertiary/aromatic N) is 2. The average Bonchev–Trinajstić information content (AvgIpc) is 3.22. The van der Waals surface area contributed by atoms with E-state index in [1.807, 2.05) is 30.3 Å². The van der Waals surface area contributed by atoms with Gasteiger partial charge in [0.15, 0.2) is 0 Å². The molecule has 0 aliphatic heterocycles. The molecule has 6 nitrogen and oxygen atoms in total. The minimum absolute atomic E-state index is 0.0792. The Labute approximate surface area is 200 Å². The summed E-state index contributed by atoms with van der Waals surface area (Å²) >= 11 is 0. The lowest BCUT2D eigenvalue weighted by atomic mass is 10.2. The normalized spacial score (nSPS) is 10.9. The molecule has 1 amide bonds. The zero-order chi connectivity index (χ0) is 23.8. The third kappa shape index (κ3) is 5.95. The highest BCUT2D eigenvalue weighted by atomic mass is 16.5. The molecule has 1 N–H and O–H groups in total. The Balaban J connectivity index is 1.31. The quantitative estimate of drug-likeness (QED) is 0.315. The fraction of sp³-hybridized carbons (Fsp3) is 0.286. The maximum atomic E-state index is 12.4. The predicted octanol–water partition coefficient (Wildman–Crippen LogP) is 5.19. The minimum Gasteiger partial charge on any atom is -0.497 e. The smallest absolute Gasteiger partial charge is 0.251 e. The highest BCUT2D eigenvalue weighted by Crippen LogP contribution is 2.18. The standard InChI is InChI=1S/C28H31N3O3/c1-21-10-14-24(15-11-21)34-20-6-19-31-26-8-4-3-7-25(26)30-27(31)9-5-18-29-28(32)22-12-16-23(33-2)17-13-22/h3-4,7-8,10-17H,5-6,9,18-20H2,1-2H3,(H,29,32). The summed E-state index contributed by atoms with van der Waals surface area (Å²) in [6.07, 6.45) is 2.48. The summed E-state index contributed by atoms with van der Waals surface area (Å²) in [5.74, 6) is 2.59. The molecule has 0 bridgehead atoms. The monoisotopic (exact) mass is 457 g/mol. The van der Waals surface area contributed by atoms with Gasteiger partial charge in [-0.05, 0) is 68.3 Å². The second kappa shape index (κ2) is 11.4. The first-order valence-corrected chi connectivity index (χ1v) is 11.7. The maximum absolute atomic E-state index is 12.4. The van der Waals surface area contributed by atoms with Crippen LogP contribution < -0.4 is 14.8 Å². The lowest BCUT2D eigenvalue weighted by Gasteiger charge is -2.11. The molecule has 0 unspecified atom stereocenters. The lowest BCUT2D eigenvalue weighted by Crippen LogP contribution is -2.25. The van der Waals surface area contributed by atoms with Gasteiger partial charge in [-0.2, -0.15) is 0 Å². The summed E-state index contributed by atoms with van der Waals surface area (Å²) in [6.45, 7) is 4.14. The lowest BCUT2D eigenvalue weighted by molar-refractivity contribution is 0.0953. The molecule has 4 aromatic rings. The zero-order valence-corrected chi connectivity index (χ0v) is 19.8. The number of amides is 1. The van der Waals surface area contributed by atoms with Crippen LogP contribution in [-0.4, -0.2) is 35.7 Å². The van der Waals surface area contributed by atoms with Crippen LogP contribution in [0.5, 0.6) is 11.5 Å². The number of imidazole rings is 1. The molecular weight excluding hydrogens is 426 g/mol. The third-order valence-corrected chi connectivity index (χ3v) is 5.76. The second-order valence-electron chi connectivity index (χ2n) is 8.27. The van der Waals surface area contributed by atoms with Gasteiger partial charge in [0.1, 0.15) is 17.3 Å². The first-order chi connectivity index (χ1) is 16.6. The Hall–Kier alpha value is -3.80. The molecule has 0 aliphatic rings. The van der Waals surface area contributed by atoms with Crippen molar-refractivity contribution in [2.24, 2.45) is 0 Å². The van der Waals surface area contributed by atoms with Crippen molar-refractivity contribution in [3.63, 3.8) is 0 Å². The van der Waals surface area contributed by atoms with E-state index in [0.29, 0.717) is 18.7 Å². The number of para-hydroxylation sites is 2. The van der Waals surface area contributed by atoms with Crippen molar-refractivity contribution >= 4 is 16.9 Å². The van der Waals surface area contributed by atoms with Crippen LogP contribution >= 0.6 is 0 Å². The van der Waals surface area contributed by atoms with E-state index in [1.165, 1.54) is 5.56 Å². The summed E-state index contributed by atoms with van der Waals surface area (Å²) in [7, 11) is 1.61. The molecular formula is C28H31N3O3. The number of carbonyl (C=O) groups is 1. The van der Waals surface area contributed by atoms with E-state index in [-0.39, 0.29) is 5.91 Å². The van der Waals surface area contributed by atoms with Gasteiger partial charge < -0.3 is 19.4 Å². The maximum Gasteiger partial charge on any atom is 0.251 e. The molecule has 0 fully saturated rings. The van der Waals surface area contributed by atoms with Crippen molar-refractivity contribution in [1.29, 1.82) is 0 Å². The van der Waals surface area contributed by atoms with Gasteiger partial charge in [0, 0.05) is 25.1 Å². The molecule has 6 heteroatoms. The van der Waals surface area contributed by atoms with Crippen molar-refractivity contribution in [2.75, 3.05) is 20.3 Å². The van der Waals surface area contributed by atoms with Gasteiger partial charge in [-0.3, -0.25) is 4.79 Å². The molecule has 176 valence electrons. The molecule has 0 spiro atoms. The van der Waals surface area contributed by atoms with Crippen LogP contribution in [-0.2, 0) is 13.0 Å². The summed E-state index contributed by atoms with van der Waals surface area (Å²) in [5.41, 5.74) is 3.98. The van der Waals surface area contributed by atoms with E-state index in [0.717, 1.165) is 54.2 Å². The van der Waals surface area contributed by atoms with Crippen molar-refractivity contribution in [1.82, 2.24) is 14.9 Å². The van der Waals surface area contributed by atoms with Gasteiger partial charge in [-0.15, -0.1) is 0 Å². The minimum atomic E-state index is -0.0792. The third-order valence-electron chi connectivity index (χ3n) is 5.76. The van der Waals surface area contributed by atoms with E-state index < -0.39 is 0 Å². The van der Waals surface area contributed by atoms with Crippen LogP contribution in [0.4, 0.5) is 0 Å². The predicted molar refractivity (Wildman–Crippen MR) is 135 cm³/mol. The van der Waals surface area contributed by atoms with Crippen LogP contribution in [0.3, 0.4) is 0 Å². The van der Waals surface area contributed by atoms with Crippen LogP contribution in [0.2, 0.25) is 0 Å². The number of fused-ring (bicyclic) bond motifs is 1. The fourth-order valence-electron chi connectivity index (χ4n) is 3.91. The molecule has 1 aromatic heterocycles. The number of hydrogen-bond acceptors (Lipinski definition) is 4. The average molecular weight is 458 g/mol. The van der Waals surface area contributed by atoms with E-state index in [2.05, 4.69) is 35.0 Å². The molecule has 1 heterocycles.